The third kappa shape index (κ3) is 5.60. The molecule has 26 heavy (non-hydrogen) atoms. The molecule has 1 aliphatic rings. The second-order valence-electron chi connectivity index (χ2n) is 6.07. The van der Waals surface area contributed by atoms with Gasteiger partial charge >= 0.3 is 12.1 Å². The highest BCUT2D eigenvalue weighted by Crippen LogP contribution is 2.36. The van der Waals surface area contributed by atoms with E-state index in [2.05, 4.69) is 5.32 Å². The quantitative estimate of drug-likeness (QED) is 0.778. The third-order valence-electron chi connectivity index (χ3n) is 4.05. The van der Waals surface area contributed by atoms with Gasteiger partial charge in [-0.2, -0.15) is 13.2 Å². The highest BCUT2D eigenvalue weighted by atomic mass is 35.5. The number of rotatable bonds is 5. The lowest BCUT2D eigenvalue weighted by Gasteiger charge is -2.30. The molecule has 0 bridgehead atoms. The molecule has 2 rings (SSSR count). The molecule has 1 fully saturated rings. The fourth-order valence-electron chi connectivity index (χ4n) is 2.88. The Bertz CT molecular complexity index is 667. The molecular formula is C17H20ClF3N2O3. The van der Waals surface area contributed by atoms with E-state index in [9.17, 15) is 22.8 Å². The Balaban J connectivity index is 1.95. The van der Waals surface area contributed by atoms with Crippen molar-refractivity contribution < 1.29 is 27.5 Å². The van der Waals surface area contributed by atoms with E-state index in [1.165, 1.54) is 6.07 Å². The Hall–Kier alpha value is -1.80. The summed E-state index contributed by atoms with van der Waals surface area (Å²) in [5.41, 5.74) is -0.983. The van der Waals surface area contributed by atoms with Gasteiger partial charge in [0, 0.05) is 12.2 Å². The zero-order chi connectivity index (χ0) is 19.3. The minimum Gasteiger partial charge on any atom is -0.466 e. The predicted molar refractivity (Wildman–Crippen MR) is 90.9 cm³/mol. The van der Waals surface area contributed by atoms with E-state index in [1.54, 1.807) is 11.8 Å². The normalized spacial score (nSPS) is 18.4. The van der Waals surface area contributed by atoms with Gasteiger partial charge in [0.25, 0.3) is 0 Å². The summed E-state index contributed by atoms with van der Waals surface area (Å²) in [5.74, 6) is -1.03. The van der Waals surface area contributed by atoms with Crippen LogP contribution < -0.4 is 5.32 Å². The maximum atomic E-state index is 12.9. The van der Waals surface area contributed by atoms with Gasteiger partial charge in [-0.15, -0.1) is 0 Å². The Kier molecular flexibility index (Phi) is 6.88. The molecule has 0 aliphatic carbocycles. The number of carbonyl (C=O) groups excluding carboxylic acids is 2. The van der Waals surface area contributed by atoms with Crippen LogP contribution in [0.1, 0.15) is 25.3 Å². The monoisotopic (exact) mass is 392 g/mol. The van der Waals surface area contributed by atoms with Crippen molar-refractivity contribution >= 4 is 29.2 Å². The maximum Gasteiger partial charge on any atom is 0.417 e. The number of anilines is 1. The molecule has 1 aromatic rings. The van der Waals surface area contributed by atoms with Crippen molar-refractivity contribution in [3.63, 3.8) is 0 Å². The van der Waals surface area contributed by atoms with Gasteiger partial charge in [0.2, 0.25) is 5.91 Å². The minimum absolute atomic E-state index is 0.0140. The van der Waals surface area contributed by atoms with Crippen LogP contribution in [0.2, 0.25) is 5.02 Å². The number of alkyl halides is 3. The van der Waals surface area contributed by atoms with Gasteiger partial charge in [0.1, 0.15) is 0 Å². The summed E-state index contributed by atoms with van der Waals surface area (Å²) in [6.45, 7) is 3.04. The minimum atomic E-state index is -4.60. The molecule has 0 aromatic heterocycles. The summed E-state index contributed by atoms with van der Waals surface area (Å²) in [6, 6.07) is 3.21. The summed E-state index contributed by atoms with van der Waals surface area (Å²) >= 11 is 5.56. The van der Waals surface area contributed by atoms with Gasteiger partial charge in [-0.1, -0.05) is 11.6 Å². The number of carbonyl (C=O) groups is 2. The second kappa shape index (κ2) is 8.73. The Morgan fingerprint density at radius 1 is 1.38 bits per heavy atom. The SMILES string of the molecule is CCOC(=O)C1CCCN(CC(=O)Nc2ccc(Cl)c(C(F)(F)F)c2)C1. The standard InChI is InChI=1S/C17H20ClF3N2O3/c1-2-26-16(25)11-4-3-7-23(9-11)10-15(24)22-12-5-6-14(18)13(8-12)17(19,20)21/h5-6,8,11H,2-4,7,9-10H2,1H3,(H,22,24). The summed E-state index contributed by atoms with van der Waals surface area (Å²) in [7, 11) is 0. The topological polar surface area (TPSA) is 58.6 Å². The molecule has 1 amide bonds. The lowest BCUT2D eigenvalue weighted by molar-refractivity contribution is -0.150. The van der Waals surface area contributed by atoms with Crippen LogP contribution in [0.4, 0.5) is 18.9 Å². The first-order valence-corrected chi connectivity index (χ1v) is 8.64. The van der Waals surface area contributed by atoms with E-state index in [0.29, 0.717) is 26.1 Å². The second-order valence-corrected chi connectivity index (χ2v) is 6.47. The molecule has 1 unspecified atom stereocenters. The van der Waals surface area contributed by atoms with Crippen LogP contribution in [-0.2, 0) is 20.5 Å². The predicted octanol–water partition coefficient (Wildman–Crippen LogP) is 3.57. The molecular weight excluding hydrogens is 373 g/mol. The number of nitrogens with zero attached hydrogens (tertiary/aromatic N) is 1. The van der Waals surface area contributed by atoms with Crippen LogP contribution in [0.3, 0.4) is 0 Å². The zero-order valence-electron chi connectivity index (χ0n) is 14.2. The van der Waals surface area contributed by atoms with Crippen LogP contribution in [0.25, 0.3) is 0 Å². The highest BCUT2D eigenvalue weighted by molar-refractivity contribution is 6.31. The summed E-state index contributed by atoms with van der Waals surface area (Å²) in [4.78, 5) is 25.8. The average Bonchev–Trinajstić information content (AvgIpc) is 2.56. The van der Waals surface area contributed by atoms with Crippen molar-refractivity contribution in [2.45, 2.75) is 25.9 Å². The molecule has 144 valence electrons. The van der Waals surface area contributed by atoms with E-state index >= 15 is 0 Å². The van der Waals surface area contributed by atoms with Gasteiger partial charge in [0.05, 0.1) is 29.7 Å². The van der Waals surface area contributed by atoms with Crippen molar-refractivity contribution in [1.82, 2.24) is 4.90 Å². The number of ether oxygens (including phenoxy) is 1. The largest absolute Gasteiger partial charge is 0.466 e. The van der Waals surface area contributed by atoms with Crippen molar-refractivity contribution in [1.29, 1.82) is 0 Å². The number of halogens is 4. The number of piperidine rings is 1. The number of hydrogen-bond donors (Lipinski definition) is 1. The molecule has 0 spiro atoms. The number of likely N-dealkylation sites (tertiary alicyclic amines) is 1. The van der Waals surface area contributed by atoms with Crippen LogP contribution in [0.15, 0.2) is 18.2 Å². The van der Waals surface area contributed by atoms with Gasteiger partial charge in [-0.05, 0) is 44.5 Å². The molecule has 9 heteroatoms. The van der Waals surface area contributed by atoms with Crippen molar-refractivity contribution in [2.24, 2.45) is 5.92 Å². The number of esters is 1. The Morgan fingerprint density at radius 3 is 2.77 bits per heavy atom. The summed E-state index contributed by atoms with van der Waals surface area (Å²) in [6.07, 6.45) is -3.16. The Morgan fingerprint density at radius 2 is 2.12 bits per heavy atom. The fraction of sp³-hybridized carbons (Fsp3) is 0.529. The molecule has 5 nitrogen and oxygen atoms in total. The van der Waals surface area contributed by atoms with Crippen LogP contribution in [0.5, 0.6) is 0 Å². The number of hydrogen-bond acceptors (Lipinski definition) is 4. The average molecular weight is 393 g/mol. The molecule has 1 aromatic carbocycles. The van der Waals surface area contributed by atoms with E-state index in [1.807, 2.05) is 0 Å². The van der Waals surface area contributed by atoms with Crippen molar-refractivity contribution in [3.8, 4) is 0 Å². The van der Waals surface area contributed by atoms with Gasteiger partial charge < -0.3 is 10.1 Å². The van der Waals surface area contributed by atoms with Crippen molar-refractivity contribution in [3.05, 3.63) is 28.8 Å². The van der Waals surface area contributed by atoms with Gasteiger partial charge in [0.15, 0.2) is 0 Å². The summed E-state index contributed by atoms with van der Waals surface area (Å²) in [5, 5.41) is 2.02. The molecule has 1 N–H and O–H groups in total. The van der Waals surface area contributed by atoms with Crippen LogP contribution >= 0.6 is 11.6 Å². The smallest absolute Gasteiger partial charge is 0.417 e. The molecule has 0 radical (unpaired) electrons. The fourth-order valence-corrected chi connectivity index (χ4v) is 3.10. The van der Waals surface area contributed by atoms with E-state index < -0.39 is 22.7 Å². The number of benzene rings is 1. The molecule has 1 saturated heterocycles. The molecule has 1 heterocycles. The zero-order valence-corrected chi connectivity index (χ0v) is 15.0. The highest BCUT2D eigenvalue weighted by Gasteiger charge is 2.33. The van der Waals surface area contributed by atoms with E-state index in [0.717, 1.165) is 18.6 Å². The Labute approximate surface area is 154 Å². The third-order valence-corrected chi connectivity index (χ3v) is 4.38. The number of amides is 1. The van der Waals surface area contributed by atoms with Gasteiger partial charge in [-0.3, -0.25) is 14.5 Å². The first-order valence-electron chi connectivity index (χ1n) is 8.26. The van der Waals surface area contributed by atoms with E-state index in [-0.39, 0.29) is 24.1 Å². The number of nitrogens with one attached hydrogen (secondary N) is 1. The first kappa shape index (κ1) is 20.5. The lowest BCUT2D eigenvalue weighted by Crippen LogP contribution is -2.43. The first-order chi connectivity index (χ1) is 12.2. The molecule has 0 saturated carbocycles. The summed E-state index contributed by atoms with van der Waals surface area (Å²) < 4.78 is 43.6. The van der Waals surface area contributed by atoms with Crippen LogP contribution in [-0.4, -0.2) is 43.0 Å². The lowest BCUT2D eigenvalue weighted by atomic mass is 9.98. The molecule has 1 atom stereocenters. The van der Waals surface area contributed by atoms with Crippen molar-refractivity contribution in [2.75, 3.05) is 31.6 Å². The molecule has 1 aliphatic heterocycles. The van der Waals surface area contributed by atoms with Gasteiger partial charge in [-0.25, -0.2) is 0 Å². The maximum absolute atomic E-state index is 12.9. The van der Waals surface area contributed by atoms with Crippen LogP contribution in [0, 0.1) is 5.92 Å². The van der Waals surface area contributed by atoms with E-state index in [4.69, 9.17) is 16.3 Å².